The Hall–Kier alpha value is -0.160. The molecule has 0 saturated carbocycles. The number of nitrogens with two attached hydrogens (primary N) is 1. The Morgan fingerprint density at radius 1 is 1.00 bits per heavy atom. The van der Waals surface area contributed by atoms with Crippen molar-refractivity contribution in [3.05, 3.63) is 0 Å². The van der Waals surface area contributed by atoms with E-state index in [1.165, 1.54) is 39.1 Å². The number of nitrogens with zero attached hydrogens (tertiary/aromatic N) is 2. The van der Waals surface area contributed by atoms with Gasteiger partial charge in [-0.15, -0.1) is 0 Å². The lowest BCUT2D eigenvalue weighted by molar-refractivity contribution is 0.0963. The smallest absolute Gasteiger partial charge is 0.0589 e. The lowest BCUT2D eigenvalue weighted by Gasteiger charge is -2.34. The van der Waals surface area contributed by atoms with Crippen LogP contribution in [0.4, 0.5) is 0 Å². The fourth-order valence-corrected chi connectivity index (χ4v) is 1.94. The van der Waals surface area contributed by atoms with Crippen molar-refractivity contribution in [3.63, 3.8) is 0 Å². The van der Waals surface area contributed by atoms with Crippen LogP contribution in [0.3, 0.4) is 0 Å². The molecule has 15 heavy (non-hydrogen) atoms. The second-order valence-corrected chi connectivity index (χ2v) is 4.17. The Morgan fingerprint density at radius 2 is 1.60 bits per heavy atom. The summed E-state index contributed by atoms with van der Waals surface area (Å²) in [5.74, 6) is 0. The fourth-order valence-electron chi connectivity index (χ4n) is 1.94. The molecule has 1 saturated heterocycles. The minimum Gasteiger partial charge on any atom is -0.383 e. The Balaban J connectivity index is 2.02. The Bertz CT molecular complexity index is 147. The van der Waals surface area contributed by atoms with Gasteiger partial charge in [-0.1, -0.05) is 0 Å². The van der Waals surface area contributed by atoms with Gasteiger partial charge in [0.05, 0.1) is 6.61 Å². The summed E-state index contributed by atoms with van der Waals surface area (Å²) in [4.78, 5) is 5.02. The van der Waals surface area contributed by atoms with E-state index < -0.39 is 0 Å². The van der Waals surface area contributed by atoms with Gasteiger partial charge in [0, 0.05) is 39.8 Å². The van der Waals surface area contributed by atoms with E-state index in [1.807, 2.05) is 0 Å². The van der Waals surface area contributed by atoms with Crippen LogP contribution in [0.2, 0.25) is 0 Å². The molecule has 4 heteroatoms. The van der Waals surface area contributed by atoms with E-state index in [-0.39, 0.29) is 0 Å². The van der Waals surface area contributed by atoms with Crippen molar-refractivity contribution < 1.29 is 4.74 Å². The van der Waals surface area contributed by atoms with Crippen molar-refractivity contribution in [3.8, 4) is 0 Å². The van der Waals surface area contributed by atoms with Crippen molar-refractivity contribution in [1.82, 2.24) is 9.80 Å². The topological polar surface area (TPSA) is 41.7 Å². The highest BCUT2D eigenvalue weighted by molar-refractivity contribution is 4.71. The second-order valence-electron chi connectivity index (χ2n) is 4.17. The average Bonchev–Trinajstić information content (AvgIpc) is 2.28. The van der Waals surface area contributed by atoms with Crippen LogP contribution in [0.25, 0.3) is 0 Å². The minimum atomic E-state index is 0.827. The molecule has 0 aromatic rings. The highest BCUT2D eigenvalue weighted by Gasteiger charge is 2.15. The maximum absolute atomic E-state index is 5.48. The average molecular weight is 215 g/mol. The Kier molecular flexibility index (Phi) is 6.92. The molecule has 1 aliphatic heterocycles. The van der Waals surface area contributed by atoms with E-state index in [0.717, 1.165) is 26.1 Å². The summed E-state index contributed by atoms with van der Waals surface area (Å²) in [5.41, 5.74) is 5.48. The summed E-state index contributed by atoms with van der Waals surface area (Å²) >= 11 is 0. The van der Waals surface area contributed by atoms with Crippen molar-refractivity contribution in [1.29, 1.82) is 0 Å². The van der Waals surface area contributed by atoms with Crippen LogP contribution >= 0.6 is 0 Å². The summed E-state index contributed by atoms with van der Waals surface area (Å²) < 4.78 is 5.08. The van der Waals surface area contributed by atoms with Crippen LogP contribution in [-0.4, -0.2) is 69.3 Å². The third kappa shape index (κ3) is 5.47. The number of rotatable bonds is 7. The van der Waals surface area contributed by atoms with E-state index in [1.54, 1.807) is 7.11 Å². The van der Waals surface area contributed by atoms with E-state index in [4.69, 9.17) is 10.5 Å². The van der Waals surface area contributed by atoms with Gasteiger partial charge in [0.25, 0.3) is 0 Å². The predicted molar refractivity (Wildman–Crippen MR) is 63.0 cm³/mol. The van der Waals surface area contributed by atoms with Gasteiger partial charge in [0.2, 0.25) is 0 Å². The van der Waals surface area contributed by atoms with Crippen LogP contribution in [0.5, 0.6) is 0 Å². The molecular formula is C11H25N3O. The standard InChI is InChI=1S/C11H25N3O/c1-15-11-10-14-8-6-13(7-9-14)5-3-2-4-12/h2-12H2,1H3. The first kappa shape index (κ1) is 12.9. The molecule has 0 radical (unpaired) electrons. The summed E-state index contributed by atoms with van der Waals surface area (Å²) in [6, 6.07) is 0. The summed E-state index contributed by atoms with van der Waals surface area (Å²) in [7, 11) is 1.77. The van der Waals surface area contributed by atoms with Gasteiger partial charge in [0.15, 0.2) is 0 Å². The normalized spacial score (nSPS) is 19.6. The van der Waals surface area contributed by atoms with Gasteiger partial charge in [-0.2, -0.15) is 0 Å². The first-order valence-electron chi connectivity index (χ1n) is 6.00. The molecule has 0 amide bonds. The van der Waals surface area contributed by atoms with Crippen LogP contribution in [0.1, 0.15) is 12.8 Å². The highest BCUT2D eigenvalue weighted by atomic mass is 16.5. The monoisotopic (exact) mass is 215 g/mol. The number of piperazine rings is 1. The molecule has 1 fully saturated rings. The molecule has 2 N–H and O–H groups in total. The van der Waals surface area contributed by atoms with Crippen LogP contribution in [-0.2, 0) is 4.74 Å². The van der Waals surface area contributed by atoms with Crippen molar-refractivity contribution in [2.75, 3.05) is 59.5 Å². The van der Waals surface area contributed by atoms with Gasteiger partial charge in [-0.3, -0.25) is 4.90 Å². The maximum atomic E-state index is 5.48. The molecule has 0 aromatic carbocycles. The molecule has 1 aliphatic rings. The van der Waals surface area contributed by atoms with Crippen molar-refractivity contribution >= 4 is 0 Å². The third-order valence-electron chi connectivity index (χ3n) is 3.01. The molecule has 0 bridgehead atoms. The molecule has 0 aliphatic carbocycles. The van der Waals surface area contributed by atoms with Crippen molar-refractivity contribution in [2.45, 2.75) is 12.8 Å². The molecule has 4 nitrogen and oxygen atoms in total. The summed E-state index contributed by atoms with van der Waals surface area (Å²) in [5, 5.41) is 0. The summed E-state index contributed by atoms with van der Waals surface area (Å²) in [6.07, 6.45) is 2.40. The fraction of sp³-hybridized carbons (Fsp3) is 1.00. The number of hydrogen-bond donors (Lipinski definition) is 1. The largest absolute Gasteiger partial charge is 0.383 e. The number of unbranched alkanes of at least 4 members (excludes halogenated alkanes) is 1. The zero-order chi connectivity index (χ0) is 10.9. The molecule has 0 aromatic heterocycles. The number of methoxy groups -OCH3 is 1. The highest BCUT2D eigenvalue weighted by Crippen LogP contribution is 2.02. The van der Waals surface area contributed by atoms with Gasteiger partial charge in [-0.05, 0) is 25.9 Å². The van der Waals surface area contributed by atoms with Gasteiger partial charge >= 0.3 is 0 Å². The van der Waals surface area contributed by atoms with E-state index in [0.29, 0.717) is 0 Å². The zero-order valence-electron chi connectivity index (χ0n) is 9.95. The molecular weight excluding hydrogens is 190 g/mol. The molecule has 1 heterocycles. The first-order valence-corrected chi connectivity index (χ1v) is 6.00. The van der Waals surface area contributed by atoms with Crippen LogP contribution in [0, 0.1) is 0 Å². The van der Waals surface area contributed by atoms with Crippen LogP contribution in [0.15, 0.2) is 0 Å². The SMILES string of the molecule is COCCN1CCN(CCCCN)CC1. The number of hydrogen-bond acceptors (Lipinski definition) is 4. The van der Waals surface area contributed by atoms with Crippen molar-refractivity contribution in [2.24, 2.45) is 5.73 Å². The molecule has 0 unspecified atom stereocenters. The molecule has 90 valence electrons. The lowest BCUT2D eigenvalue weighted by Crippen LogP contribution is -2.47. The second kappa shape index (κ2) is 8.05. The van der Waals surface area contributed by atoms with Gasteiger partial charge in [-0.25, -0.2) is 0 Å². The predicted octanol–water partition coefficient (Wildman–Crippen LogP) is -0.0107. The first-order chi connectivity index (χ1) is 7.36. The molecule has 1 rings (SSSR count). The number of ether oxygens (including phenoxy) is 1. The third-order valence-corrected chi connectivity index (χ3v) is 3.01. The Labute approximate surface area is 93.4 Å². The zero-order valence-corrected chi connectivity index (χ0v) is 9.95. The molecule has 0 spiro atoms. The lowest BCUT2D eigenvalue weighted by atomic mass is 10.2. The van der Waals surface area contributed by atoms with E-state index in [2.05, 4.69) is 9.80 Å². The molecule has 0 atom stereocenters. The van der Waals surface area contributed by atoms with E-state index >= 15 is 0 Å². The summed E-state index contributed by atoms with van der Waals surface area (Å²) in [6.45, 7) is 8.75. The van der Waals surface area contributed by atoms with Gasteiger partial charge in [0.1, 0.15) is 0 Å². The van der Waals surface area contributed by atoms with Crippen LogP contribution < -0.4 is 5.73 Å². The minimum absolute atomic E-state index is 0.827. The van der Waals surface area contributed by atoms with E-state index in [9.17, 15) is 0 Å². The maximum Gasteiger partial charge on any atom is 0.0589 e. The Morgan fingerprint density at radius 3 is 2.13 bits per heavy atom. The quantitative estimate of drug-likeness (QED) is 0.607. The van der Waals surface area contributed by atoms with Gasteiger partial charge < -0.3 is 15.4 Å².